The van der Waals surface area contributed by atoms with Gasteiger partial charge in [-0.05, 0) is 6.92 Å². The molecule has 0 aliphatic carbocycles. The molecule has 80 valence electrons. The predicted octanol–water partition coefficient (Wildman–Crippen LogP) is 0.457. The Kier molecular flexibility index (Phi) is 2.40. The van der Waals surface area contributed by atoms with Crippen LogP contribution in [-0.4, -0.2) is 35.1 Å². The van der Waals surface area contributed by atoms with Gasteiger partial charge in [-0.15, -0.1) is 0 Å². The van der Waals surface area contributed by atoms with Gasteiger partial charge in [0, 0.05) is 13.1 Å². The number of fused-ring (bicyclic) bond motifs is 1. The lowest BCUT2D eigenvalue weighted by atomic mass is 10.2. The number of carbonyl (C=O) groups excluding carboxylic acids is 1. The van der Waals surface area contributed by atoms with Gasteiger partial charge in [0.15, 0.2) is 5.82 Å². The fourth-order valence-electron chi connectivity index (χ4n) is 1.51. The summed E-state index contributed by atoms with van der Waals surface area (Å²) in [7, 11) is 1.57. The highest BCUT2D eigenvalue weighted by Gasteiger charge is 2.14. The van der Waals surface area contributed by atoms with Crippen LogP contribution >= 0.6 is 0 Å². The molecule has 6 heteroatoms. The molecule has 15 heavy (non-hydrogen) atoms. The van der Waals surface area contributed by atoms with Crippen molar-refractivity contribution in [3.05, 3.63) is 11.8 Å². The van der Waals surface area contributed by atoms with E-state index in [0.29, 0.717) is 5.82 Å². The zero-order valence-corrected chi connectivity index (χ0v) is 8.74. The molecule has 0 saturated heterocycles. The number of urea groups is 1. The topological polar surface area (TPSA) is 71.3 Å². The first-order valence-corrected chi connectivity index (χ1v) is 4.78. The van der Waals surface area contributed by atoms with Gasteiger partial charge in [-0.1, -0.05) is 0 Å². The van der Waals surface area contributed by atoms with Crippen LogP contribution in [0.2, 0.25) is 0 Å². The molecule has 0 aromatic carbocycles. The molecule has 0 radical (unpaired) electrons. The number of anilines is 1. The minimum absolute atomic E-state index is 0.264. The maximum Gasteiger partial charge on any atom is 0.320 e. The third kappa shape index (κ3) is 1.83. The van der Waals surface area contributed by atoms with E-state index < -0.39 is 0 Å². The van der Waals surface area contributed by atoms with Crippen molar-refractivity contribution in [3.63, 3.8) is 0 Å². The zero-order chi connectivity index (χ0) is 10.8. The molecule has 1 aliphatic heterocycles. The number of carbonyl (C=O) groups is 1. The highest BCUT2D eigenvalue weighted by Crippen LogP contribution is 2.13. The zero-order valence-electron chi connectivity index (χ0n) is 8.74. The Hall–Kier alpha value is -1.85. The van der Waals surface area contributed by atoms with Gasteiger partial charge in [0.25, 0.3) is 0 Å². The van der Waals surface area contributed by atoms with Crippen LogP contribution in [0.25, 0.3) is 0 Å². The maximum absolute atomic E-state index is 11.1. The molecule has 2 N–H and O–H groups in total. The first kappa shape index (κ1) is 9.70. The van der Waals surface area contributed by atoms with Crippen LogP contribution < -0.4 is 10.6 Å². The Bertz CT molecular complexity index is 420. The minimum Gasteiger partial charge on any atom is -0.341 e. The van der Waals surface area contributed by atoms with E-state index in [2.05, 4.69) is 20.7 Å². The van der Waals surface area contributed by atoms with Gasteiger partial charge in [-0.25, -0.2) is 4.79 Å². The van der Waals surface area contributed by atoms with Crippen LogP contribution in [0.4, 0.5) is 10.6 Å². The van der Waals surface area contributed by atoms with Gasteiger partial charge in [-0.3, -0.25) is 15.0 Å². The van der Waals surface area contributed by atoms with Crippen molar-refractivity contribution in [3.8, 4) is 0 Å². The fraction of sp³-hybridized carbons (Fsp3) is 0.444. The monoisotopic (exact) mass is 207 g/mol. The number of amides is 2. The van der Waals surface area contributed by atoms with Gasteiger partial charge in [0.05, 0.1) is 24.5 Å². The Morgan fingerprint density at radius 2 is 2.40 bits per heavy atom. The van der Waals surface area contributed by atoms with Crippen LogP contribution in [0.5, 0.6) is 0 Å². The summed E-state index contributed by atoms with van der Waals surface area (Å²) in [6.07, 6.45) is 0. The molecule has 6 nitrogen and oxygen atoms in total. The van der Waals surface area contributed by atoms with E-state index in [1.165, 1.54) is 0 Å². The van der Waals surface area contributed by atoms with Gasteiger partial charge in [0.2, 0.25) is 0 Å². The number of nitrogens with zero attached hydrogens (tertiary/aromatic N) is 3. The lowest BCUT2D eigenvalue weighted by molar-refractivity contribution is 0.254. The lowest BCUT2D eigenvalue weighted by Crippen LogP contribution is -2.24. The van der Waals surface area contributed by atoms with Crippen LogP contribution in [0.15, 0.2) is 11.1 Å². The Morgan fingerprint density at radius 3 is 3.07 bits per heavy atom. The summed E-state index contributed by atoms with van der Waals surface area (Å²) in [5, 5.41) is 9.36. The van der Waals surface area contributed by atoms with Crippen molar-refractivity contribution >= 4 is 17.6 Å². The van der Waals surface area contributed by atoms with Crippen molar-refractivity contribution in [2.75, 3.05) is 18.9 Å². The summed E-state index contributed by atoms with van der Waals surface area (Å²) in [6.45, 7) is 3.46. The SMILES string of the molecule is CNC(=O)Nc1cc2n(n1)CCN=C2C. The van der Waals surface area contributed by atoms with Gasteiger partial charge < -0.3 is 5.32 Å². The number of hydrogen-bond donors (Lipinski definition) is 2. The summed E-state index contributed by atoms with van der Waals surface area (Å²) in [5.41, 5.74) is 1.92. The Morgan fingerprint density at radius 1 is 1.60 bits per heavy atom. The number of aromatic nitrogens is 2. The first-order valence-electron chi connectivity index (χ1n) is 4.78. The summed E-state index contributed by atoms with van der Waals surface area (Å²) >= 11 is 0. The molecule has 2 heterocycles. The van der Waals surface area contributed by atoms with E-state index in [1.807, 2.05) is 17.7 Å². The molecule has 1 aliphatic rings. The van der Waals surface area contributed by atoms with Gasteiger partial charge in [-0.2, -0.15) is 5.10 Å². The predicted molar refractivity (Wildman–Crippen MR) is 57.4 cm³/mol. The highest BCUT2D eigenvalue weighted by molar-refractivity contribution is 5.99. The maximum atomic E-state index is 11.1. The smallest absolute Gasteiger partial charge is 0.320 e. The van der Waals surface area contributed by atoms with E-state index >= 15 is 0 Å². The van der Waals surface area contributed by atoms with Crippen LogP contribution in [0.1, 0.15) is 12.6 Å². The second kappa shape index (κ2) is 3.72. The first-order chi connectivity index (χ1) is 7.20. The molecule has 0 saturated carbocycles. The van der Waals surface area contributed by atoms with Crippen molar-refractivity contribution in [1.29, 1.82) is 0 Å². The molecule has 0 spiro atoms. The number of aliphatic imine (C=N–C) groups is 1. The van der Waals surface area contributed by atoms with E-state index in [0.717, 1.165) is 24.5 Å². The van der Waals surface area contributed by atoms with Crippen LogP contribution in [0, 0.1) is 0 Å². The Labute approximate surface area is 87.4 Å². The van der Waals surface area contributed by atoms with E-state index in [-0.39, 0.29) is 6.03 Å². The van der Waals surface area contributed by atoms with Gasteiger partial charge >= 0.3 is 6.03 Å². The average Bonchev–Trinajstić information content (AvgIpc) is 2.62. The van der Waals surface area contributed by atoms with Crippen molar-refractivity contribution in [2.24, 2.45) is 4.99 Å². The average molecular weight is 207 g/mol. The Balaban J connectivity index is 2.23. The summed E-state index contributed by atoms with van der Waals surface area (Å²) < 4.78 is 1.85. The largest absolute Gasteiger partial charge is 0.341 e. The molecule has 0 bridgehead atoms. The normalized spacial score (nSPS) is 14.1. The number of nitrogens with one attached hydrogen (secondary N) is 2. The molecule has 1 aromatic rings. The van der Waals surface area contributed by atoms with Crippen molar-refractivity contribution in [1.82, 2.24) is 15.1 Å². The molecule has 0 atom stereocenters. The lowest BCUT2D eigenvalue weighted by Gasteiger charge is -2.10. The third-order valence-corrected chi connectivity index (χ3v) is 2.28. The highest BCUT2D eigenvalue weighted by atomic mass is 16.2. The van der Waals surface area contributed by atoms with Crippen molar-refractivity contribution < 1.29 is 4.79 Å². The molecule has 2 rings (SSSR count). The number of hydrogen-bond acceptors (Lipinski definition) is 3. The van der Waals surface area contributed by atoms with E-state index in [1.54, 1.807) is 7.05 Å². The third-order valence-electron chi connectivity index (χ3n) is 2.28. The van der Waals surface area contributed by atoms with E-state index in [4.69, 9.17) is 0 Å². The molecular formula is C9H13N5O. The molecule has 2 amide bonds. The molecule has 0 fully saturated rings. The van der Waals surface area contributed by atoms with Gasteiger partial charge in [0.1, 0.15) is 0 Å². The standard InChI is InChI=1S/C9H13N5O/c1-6-7-5-8(12-9(15)10-2)13-14(7)4-3-11-6/h5H,3-4H2,1-2H3,(H2,10,12,13,15). The van der Waals surface area contributed by atoms with Crippen molar-refractivity contribution in [2.45, 2.75) is 13.5 Å². The number of rotatable bonds is 1. The molecule has 1 aromatic heterocycles. The fourth-order valence-corrected chi connectivity index (χ4v) is 1.51. The molecule has 0 unspecified atom stereocenters. The summed E-state index contributed by atoms with van der Waals surface area (Å²) in [6, 6.07) is 1.56. The summed E-state index contributed by atoms with van der Waals surface area (Å²) in [5.74, 6) is 0.556. The quantitative estimate of drug-likeness (QED) is 0.702. The minimum atomic E-state index is -0.264. The summed E-state index contributed by atoms with van der Waals surface area (Å²) in [4.78, 5) is 15.4. The second-order valence-electron chi connectivity index (χ2n) is 3.31. The van der Waals surface area contributed by atoms with E-state index in [9.17, 15) is 4.79 Å². The second-order valence-corrected chi connectivity index (χ2v) is 3.31. The van der Waals surface area contributed by atoms with Crippen LogP contribution in [0.3, 0.4) is 0 Å². The van der Waals surface area contributed by atoms with Crippen LogP contribution in [-0.2, 0) is 6.54 Å². The molecular weight excluding hydrogens is 194 g/mol.